The minimum Gasteiger partial charge on any atom is -0.337 e. The summed E-state index contributed by atoms with van der Waals surface area (Å²) in [4.78, 5) is 18.8. The number of hydrogen-bond acceptors (Lipinski definition) is 6. The van der Waals surface area contributed by atoms with Crippen molar-refractivity contribution in [3.8, 4) is 11.4 Å². The van der Waals surface area contributed by atoms with Crippen LogP contribution in [0.2, 0.25) is 0 Å². The molecule has 4 rings (SSSR count). The van der Waals surface area contributed by atoms with Crippen LogP contribution in [0.1, 0.15) is 34.7 Å². The molecule has 1 aromatic heterocycles. The van der Waals surface area contributed by atoms with Crippen molar-refractivity contribution in [2.45, 2.75) is 31.2 Å². The van der Waals surface area contributed by atoms with E-state index >= 15 is 0 Å². The number of sulfonamides is 1. The van der Waals surface area contributed by atoms with E-state index in [2.05, 4.69) is 10.1 Å². The standard InChI is InChI=1S/C22H24N4O4S/c1-16-7-3-4-8-19(16)21-23-20(30-24-21)15-25(2)22(27)17-9-11-18(12-10-17)31(28,29)26-13-5-6-14-26/h3-4,7-12H,5-6,13-15H2,1-2H3. The zero-order chi connectivity index (χ0) is 22.0. The second-order valence-corrected chi connectivity index (χ2v) is 9.56. The Labute approximate surface area is 181 Å². The summed E-state index contributed by atoms with van der Waals surface area (Å²) in [5.41, 5.74) is 2.30. The molecule has 2 heterocycles. The molecule has 0 N–H and O–H groups in total. The minimum absolute atomic E-state index is 0.144. The molecule has 1 fully saturated rings. The number of aromatic nitrogens is 2. The van der Waals surface area contributed by atoms with Crippen molar-refractivity contribution in [1.82, 2.24) is 19.3 Å². The highest BCUT2D eigenvalue weighted by Crippen LogP contribution is 2.22. The second kappa shape index (κ2) is 8.60. The third-order valence-corrected chi connectivity index (χ3v) is 7.29. The fourth-order valence-corrected chi connectivity index (χ4v) is 5.11. The van der Waals surface area contributed by atoms with Crippen LogP contribution in [0, 0.1) is 6.92 Å². The van der Waals surface area contributed by atoms with Crippen LogP contribution in [0.3, 0.4) is 0 Å². The van der Waals surface area contributed by atoms with Crippen LogP contribution >= 0.6 is 0 Å². The zero-order valence-corrected chi connectivity index (χ0v) is 18.3. The topological polar surface area (TPSA) is 96.6 Å². The highest BCUT2D eigenvalue weighted by atomic mass is 32.2. The van der Waals surface area contributed by atoms with E-state index in [4.69, 9.17) is 4.52 Å². The molecule has 3 aromatic rings. The fourth-order valence-electron chi connectivity index (χ4n) is 3.59. The molecule has 0 spiro atoms. The molecule has 2 aromatic carbocycles. The van der Waals surface area contributed by atoms with Crippen molar-refractivity contribution in [2.24, 2.45) is 0 Å². The third kappa shape index (κ3) is 4.38. The van der Waals surface area contributed by atoms with E-state index in [1.54, 1.807) is 7.05 Å². The molecule has 0 radical (unpaired) electrons. The average Bonchev–Trinajstić information content (AvgIpc) is 3.46. The van der Waals surface area contributed by atoms with Crippen LogP contribution < -0.4 is 0 Å². The maximum absolute atomic E-state index is 12.8. The molecule has 0 aliphatic carbocycles. The molecule has 8 nitrogen and oxygen atoms in total. The monoisotopic (exact) mass is 440 g/mol. The molecule has 1 saturated heterocycles. The number of hydrogen-bond donors (Lipinski definition) is 0. The molecule has 0 atom stereocenters. The van der Waals surface area contributed by atoms with Crippen LogP contribution in [-0.2, 0) is 16.6 Å². The Bertz CT molecular complexity index is 1180. The molecule has 0 saturated carbocycles. The maximum atomic E-state index is 12.8. The third-order valence-electron chi connectivity index (χ3n) is 5.38. The van der Waals surface area contributed by atoms with Gasteiger partial charge >= 0.3 is 0 Å². The summed E-state index contributed by atoms with van der Waals surface area (Å²) >= 11 is 0. The molecule has 1 aliphatic heterocycles. The molecular weight excluding hydrogens is 416 g/mol. The summed E-state index contributed by atoms with van der Waals surface area (Å²) in [6, 6.07) is 13.8. The number of carbonyl (C=O) groups excluding carboxylic acids is 1. The number of carbonyl (C=O) groups is 1. The molecule has 0 unspecified atom stereocenters. The Kier molecular flexibility index (Phi) is 5.88. The van der Waals surface area contributed by atoms with Gasteiger partial charge in [-0.25, -0.2) is 8.42 Å². The average molecular weight is 441 g/mol. The van der Waals surface area contributed by atoms with E-state index in [0.717, 1.165) is 24.0 Å². The Balaban J connectivity index is 1.44. The van der Waals surface area contributed by atoms with Gasteiger partial charge in [0.2, 0.25) is 21.7 Å². The largest absolute Gasteiger partial charge is 0.337 e. The van der Waals surface area contributed by atoms with E-state index in [-0.39, 0.29) is 17.3 Å². The van der Waals surface area contributed by atoms with Crippen LogP contribution in [0.25, 0.3) is 11.4 Å². The van der Waals surface area contributed by atoms with Gasteiger partial charge in [-0.05, 0) is 49.6 Å². The summed E-state index contributed by atoms with van der Waals surface area (Å²) in [6.45, 7) is 3.20. The Morgan fingerprint density at radius 1 is 1.10 bits per heavy atom. The van der Waals surface area contributed by atoms with Crippen molar-refractivity contribution in [2.75, 3.05) is 20.1 Å². The van der Waals surface area contributed by atoms with Gasteiger partial charge in [-0.3, -0.25) is 4.79 Å². The normalized spacial score (nSPS) is 14.6. The quantitative estimate of drug-likeness (QED) is 0.584. The molecule has 162 valence electrons. The Morgan fingerprint density at radius 3 is 2.45 bits per heavy atom. The van der Waals surface area contributed by atoms with E-state index < -0.39 is 10.0 Å². The lowest BCUT2D eigenvalue weighted by Crippen LogP contribution is -2.28. The predicted molar refractivity (Wildman–Crippen MR) is 115 cm³/mol. The van der Waals surface area contributed by atoms with Crippen LogP contribution in [0.5, 0.6) is 0 Å². The van der Waals surface area contributed by atoms with Crippen molar-refractivity contribution in [3.05, 3.63) is 65.5 Å². The van der Waals surface area contributed by atoms with Gasteiger partial charge in [0.25, 0.3) is 5.91 Å². The number of amides is 1. The van der Waals surface area contributed by atoms with E-state index in [9.17, 15) is 13.2 Å². The summed E-state index contributed by atoms with van der Waals surface area (Å²) < 4.78 is 32.1. The lowest BCUT2D eigenvalue weighted by molar-refractivity contribution is 0.0769. The first-order valence-electron chi connectivity index (χ1n) is 10.1. The molecule has 9 heteroatoms. The van der Waals surface area contributed by atoms with Gasteiger partial charge in [0.05, 0.1) is 11.4 Å². The highest BCUT2D eigenvalue weighted by Gasteiger charge is 2.27. The predicted octanol–water partition coefficient (Wildman–Crippen LogP) is 3.10. The van der Waals surface area contributed by atoms with Gasteiger partial charge in [-0.15, -0.1) is 0 Å². The zero-order valence-electron chi connectivity index (χ0n) is 17.5. The van der Waals surface area contributed by atoms with E-state index in [1.165, 1.54) is 33.5 Å². The maximum Gasteiger partial charge on any atom is 0.254 e. The second-order valence-electron chi connectivity index (χ2n) is 7.62. The van der Waals surface area contributed by atoms with Crippen LogP contribution in [0.4, 0.5) is 0 Å². The SMILES string of the molecule is Cc1ccccc1-c1noc(CN(C)C(=O)c2ccc(S(=O)(=O)N3CCCC3)cc2)n1. The summed E-state index contributed by atoms with van der Waals surface area (Å²) in [5.74, 6) is 0.536. The smallest absolute Gasteiger partial charge is 0.254 e. The van der Waals surface area contributed by atoms with Crippen LogP contribution in [-0.4, -0.2) is 53.8 Å². The summed E-state index contributed by atoms with van der Waals surface area (Å²) in [6.07, 6.45) is 1.75. The van der Waals surface area contributed by atoms with Crippen molar-refractivity contribution in [3.63, 3.8) is 0 Å². The number of benzene rings is 2. The van der Waals surface area contributed by atoms with E-state index in [1.807, 2.05) is 31.2 Å². The highest BCUT2D eigenvalue weighted by molar-refractivity contribution is 7.89. The van der Waals surface area contributed by atoms with Gasteiger partial charge in [-0.2, -0.15) is 9.29 Å². The first-order chi connectivity index (χ1) is 14.9. The minimum atomic E-state index is -3.50. The van der Waals surface area contributed by atoms with Crippen LogP contribution in [0.15, 0.2) is 57.9 Å². The first kappa shape index (κ1) is 21.2. The fraction of sp³-hybridized carbons (Fsp3) is 0.318. The number of nitrogens with zero attached hydrogens (tertiary/aromatic N) is 4. The molecular formula is C22H24N4O4S. The van der Waals surface area contributed by atoms with Crippen molar-refractivity contribution < 1.29 is 17.7 Å². The van der Waals surface area contributed by atoms with Crippen molar-refractivity contribution >= 4 is 15.9 Å². The number of aryl methyl sites for hydroxylation is 1. The molecule has 0 bridgehead atoms. The van der Waals surface area contributed by atoms with Gasteiger partial charge in [0, 0.05) is 31.3 Å². The van der Waals surface area contributed by atoms with E-state index in [0.29, 0.717) is 30.4 Å². The lowest BCUT2D eigenvalue weighted by Gasteiger charge is -2.17. The summed E-state index contributed by atoms with van der Waals surface area (Å²) in [5, 5.41) is 4.01. The molecule has 1 aliphatic rings. The molecule has 31 heavy (non-hydrogen) atoms. The number of rotatable bonds is 6. The van der Waals surface area contributed by atoms with Crippen molar-refractivity contribution in [1.29, 1.82) is 0 Å². The summed E-state index contributed by atoms with van der Waals surface area (Å²) in [7, 11) is -1.87. The lowest BCUT2D eigenvalue weighted by atomic mass is 10.1. The van der Waals surface area contributed by atoms with Gasteiger partial charge in [0.1, 0.15) is 0 Å². The Hall–Kier alpha value is -3.04. The van der Waals surface area contributed by atoms with Gasteiger partial charge < -0.3 is 9.42 Å². The van der Waals surface area contributed by atoms with Gasteiger partial charge in [-0.1, -0.05) is 29.4 Å². The first-order valence-corrected chi connectivity index (χ1v) is 11.5. The van der Waals surface area contributed by atoms with Gasteiger partial charge in [0.15, 0.2) is 0 Å². The molecule has 1 amide bonds. The Morgan fingerprint density at radius 2 is 1.77 bits per heavy atom.